The van der Waals surface area contributed by atoms with Gasteiger partial charge in [-0.1, -0.05) is 45.0 Å². The molecule has 1 heterocycles. The van der Waals surface area contributed by atoms with E-state index in [0.717, 1.165) is 6.61 Å². The molecule has 0 radical (unpaired) electrons. The summed E-state index contributed by atoms with van der Waals surface area (Å²) in [6.07, 6.45) is 3.93. The molecular weight excluding hydrogens is 246 g/mol. The molecule has 1 aromatic carbocycles. The molecular formula is C18H27NO. The summed E-state index contributed by atoms with van der Waals surface area (Å²) in [6.45, 7) is 7.86. The maximum absolute atomic E-state index is 6.26. The van der Waals surface area contributed by atoms with Crippen LogP contribution in [0.5, 0.6) is 0 Å². The van der Waals surface area contributed by atoms with Gasteiger partial charge >= 0.3 is 0 Å². The Morgan fingerprint density at radius 3 is 2.75 bits per heavy atom. The van der Waals surface area contributed by atoms with Gasteiger partial charge in [0.1, 0.15) is 6.23 Å². The van der Waals surface area contributed by atoms with E-state index in [1.54, 1.807) is 0 Å². The highest BCUT2D eigenvalue weighted by molar-refractivity contribution is 5.37. The van der Waals surface area contributed by atoms with Crippen molar-refractivity contribution in [3.05, 3.63) is 35.4 Å². The zero-order valence-electron chi connectivity index (χ0n) is 13.2. The number of likely N-dealkylation sites (N-methyl/N-ethyl adjacent to an activating group) is 1. The minimum Gasteiger partial charge on any atom is -0.361 e. The lowest BCUT2D eigenvalue weighted by Crippen LogP contribution is -2.49. The molecule has 0 N–H and O–H groups in total. The lowest BCUT2D eigenvalue weighted by atomic mass is 9.69. The Labute approximate surface area is 123 Å². The summed E-state index contributed by atoms with van der Waals surface area (Å²) in [5, 5.41) is 0. The highest BCUT2D eigenvalue weighted by atomic mass is 16.5. The molecule has 3 atom stereocenters. The standard InChI is InChI=1S/C18H27NO/c1-13(2)16-12-20-17(19(16)4)18(3)11-7-9-14-8-5-6-10-15(14)18/h5-6,8,10,13,16-17H,7,9,11-12H2,1-4H3/t16-,17?,18+/m1/s1. The molecule has 1 aliphatic carbocycles. The van der Waals surface area contributed by atoms with Gasteiger partial charge in [-0.2, -0.15) is 0 Å². The molecule has 0 amide bonds. The van der Waals surface area contributed by atoms with Crippen LogP contribution in [0.2, 0.25) is 0 Å². The van der Waals surface area contributed by atoms with Crippen molar-refractivity contribution in [3.63, 3.8) is 0 Å². The van der Waals surface area contributed by atoms with Crippen LogP contribution in [-0.2, 0) is 16.6 Å². The number of ether oxygens (including phenoxy) is 1. The van der Waals surface area contributed by atoms with Crippen LogP contribution >= 0.6 is 0 Å². The third kappa shape index (κ3) is 2.10. The molecule has 0 aromatic heterocycles. The minimum atomic E-state index is 0.132. The van der Waals surface area contributed by atoms with E-state index < -0.39 is 0 Å². The van der Waals surface area contributed by atoms with Crippen molar-refractivity contribution in [2.75, 3.05) is 13.7 Å². The number of nitrogens with zero attached hydrogens (tertiary/aromatic N) is 1. The quantitative estimate of drug-likeness (QED) is 0.816. The van der Waals surface area contributed by atoms with Crippen molar-refractivity contribution in [1.29, 1.82) is 0 Å². The third-order valence-corrected chi connectivity index (χ3v) is 5.41. The molecule has 20 heavy (non-hydrogen) atoms. The first-order valence-electron chi connectivity index (χ1n) is 7.96. The number of hydrogen-bond donors (Lipinski definition) is 0. The predicted octanol–water partition coefficient (Wildman–Crippen LogP) is 3.59. The number of hydrogen-bond acceptors (Lipinski definition) is 2. The van der Waals surface area contributed by atoms with E-state index in [1.165, 1.54) is 30.4 Å². The number of rotatable bonds is 2. The molecule has 3 rings (SSSR count). The van der Waals surface area contributed by atoms with Crippen LogP contribution in [0.1, 0.15) is 44.7 Å². The van der Waals surface area contributed by atoms with Gasteiger partial charge in [0.05, 0.1) is 6.61 Å². The Kier molecular flexibility index (Phi) is 3.64. The predicted molar refractivity (Wildman–Crippen MR) is 82.9 cm³/mol. The van der Waals surface area contributed by atoms with Crippen molar-refractivity contribution in [2.24, 2.45) is 5.92 Å². The Bertz CT molecular complexity index is 484. The summed E-state index contributed by atoms with van der Waals surface area (Å²) in [7, 11) is 2.24. The van der Waals surface area contributed by atoms with Crippen LogP contribution in [0.3, 0.4) is 0 Å². The SMILES string of the molecule is CC(C)[C@H]1COC([C@@]2(C)CCCc3ccccc32)N1C. The number of aryl methyl sites for hydroxylation is 1. The lowest BCUT2D eigenvalue weighted by Gasteiger charge is -2.43. The number of benzene rings is 1. The van der Waals surface area contributed by atoms with Crippen molar-refractivity contribution in [1.82, 2.24) is 4.90 Å². The maximum atomic E-state index is 6.26. The lowest BCUT2D eigenvalue weighted by molar-refractivity contribution is -0.0251. The first kappa shape index (κ1) is 14.1. The highest BCUT2D eigenvalue weighted by Gasteiger charge is 2.47. The molecule has 1 aliphatic heterocycles. The smallest absolute Gasteiger partial charge is 0.120 e. The maximum Gasteiger partial charge on any atom is 0.120 e. The summed E-state index contributed by atoms with van der Waals surface area (Å²) in [6, 6.07) is 9.50. The second kappa shape index (κ2) is 5.16. The number of fused-ring (bicyclic) bond motifs is 1. The van der Waals surface area contributed by atoms with Gasteiger partial charge in [0, 0.05) is 11.5 Å². The molecule has 1 saturated heterocycles. The van der Waals surface area contributed by atoms with Gasteiger partial charge in [-0.15, -0.1) is 0 Å². The summed E-state index contributed by atoms with van der Waals surface area (Å²) in [4.78, 5) is 2.48. The van der Waals surface area contributed by atoms with Gasteiger partial charge in [-0.05, 0) is 43.4 Å². The topological polar surface area (TPSA) is 12.5 Å². The van der Waals surface area contributed by atoms with Crippen LogP contribution in [-0.4, -0.2) is 30.8 Å². The molecule has 2 aliphatic rings. The molecule has 1 aromatic rings. The van der Waals surface area contributed by atoms with E-state index in [1.807, 2.05) is 0 Å². The Hall–Kier alpha value is -0.860. The molecule has 0 saturated carbocycles. The first-order chi connectivity index (χ1) is 9.54. The zero-order valence-corrected chi connectivity index (χ0v) is 13.2. The average Bonchev–Trinajstić information content (AvgIpc) is 2.82. The van der Waals surface area contributed by atoms with Crippen LogP contribution in [0.25, 0.3) is 0 Å². The van der Waals surface area contributed by atoms with Gasteiger partial charge < -0.3 is 4.74 Å². The van der Waals surface area contributed by atoms with Crippen LogP contribution in [0.15, 0.2) is 24.3 Å². The zero-order chi connectivity index (χ0) is 14.3. The third-order valence-electron chi connectivity index (χ3n) is 5.41. The van der Waals surface area contributed by atoms with Crippen LogP contribution < -0.4 is 0 Å². The van der Waals surface area contributed by atoms with E-state index in [9.17, 15) is 0 Å². The Morgan fingerprint density at radius 1 is 1.30 bits per heavy atom. The molecule has 0 spiro atoms. The van der Waals surface area contributed by atoms with E-state index in [2.05, 4.69) is 57.0 Å². The van der Waals surface area contributed by atoms with Gasteiger partial charge in [-0.25, -0.2) is 0 Å². The fourth-order valence-corrected chi connectivity index (χ4v) is 4.23. The molecule has 2 heteroatoms. The van der Waals surface area contributed by atoms with Crippen LogP contribution in [0.4, 0.5) is 0 Å². The summed E-state index contributed by atoms with van der Waals surface area (Å²) >= 11 is 0. The summed E-state index contributed by atoms with van der Waals surface area (Å²) < 4.78 is 6.26. The van der Waals surface area contributed by atoms with Crippen LogP contribution in [0, 0.1) is 5.92 Å². The van der Waals surface area contributed by atoms with E-state index in [-0.39, 0.29) is 11.6 Å². The summed E-state index contributed by atoms with van der Waals surface area (Å²) in [5.74, 6) is 0.646. The second-order valence-corrected chi connectivity index (χ2v) is 7.09. The largest absolute Gasteiger partial charge is 0.361 e. The fourth-order valence-electron chi connectivity index (χ4n) is 4.23. The molecule has 1 unspecified atom stereocenters. The van der Waals surface area contributed by atoms with Gasteiger partial charge in [0.2, 0.25) is 0 Å². The molecule has 110 valence electrons. The normalized spacial score (nSPS) is 34.5. The van der Waals surface area contributed by atoms with Gasteiger partial charge in [0.25, 0.3) is 0 Å². The van der Waals surface area contributed by atoms with Crippen molar-refractivity contribution >= 4 is 0 Å². The van der Waals surface area contributed by atoms with E-state index >= 15 is 0 Å². The Morgan fingerprint density at radius 2 is 2.05 bits per heavy atom. The van der Waals surface area contributed by atoms with Gasteiger partial charge in [-0.3, -0.25) is 4.90 Å². The van der Waals surface area contributed by atoms with Crippen molar-refractivity contribution in [3.8, 4) is 0 Å². The van der Waals surface area contributed by atoms with Crippen molar-refractivity contribution < 1.29 is 4.74 Å². The molecule has 2 nitrogen and oxygen atoms in total. The van der Waals surface area contributed by atoms with Gasteiger partial charge in [0.15, 0.2) is 0 Å². The first-order valence-corrected chi connectivity index (χ1v) is 7.96. The minimum absolute atomic E-state index is 0.132. The van der Waals surface area contributed by atoms with E-state index in [0.29, 0.717) is 12.0 Å². The molecule has 0 bridgehead atoms. The second-order valence-electron chi connectivity index (χ2n) is 7.09. The average molecular weight is 273 g/mol. The summed E-state index contributed by atoms with van der Waals surface area (Å²) in [5.41, 5.74) is 3.16. The fraction of sp³-hybridized carbons (Fsp3) is 0.667. The monoisotopic (exact) mass is 273 g/mol. The molecule has 1 fully saturated rings. The van der Waals surface area contributed by atoms with Crippen molar-refractivity contribution in [2.45, 2.75) is 57.7 Å². The van der Waals surface area contributed by atoms with E-state index in [4.69, 9.17) is 4.74 Å². The highest BCUT2D eigenvalue weighted by Crippen LogP contribution is 2.44. The Balaban J connectivity index is 1.94.